The predicted octanol–water partition coefficient (Wildman–Crippen LogP) is 6.44. The van der Waals surface area contributed by atoms with Gasteiger partial charge in [-0.3, -0.25) is 0 Å². The second kappa shape index (κ2) is 11.1. The van der Waals surface area contributed by atoms with E-state index in [1.165, 1.54) is 62.5 Å². The molecule has 21 heavy (non-hydrogen) atoms. The van der Waals surface area contributed by atoms with E-state index in [9.17, 15) is 0 Å². The van der Waals surface area contributed by atoms with Gasteiger partial charge in [-0.25, -0.2) is 0 Å². The van der Waals surface area contributed by atoms with Crippen LogP contribution in [0.4, 0.5) is 0 Å². The molecule has 1 aromatic carbocycles. The first-order chi connectivity index (χ1) is 10.2. The van der Waals surface area contributed by atoms with Crippen molar-refractivity contribution >= 4 is 11.6 Å². The number of hydrogen-bond acceptors (Lipinski definition) is 1. The van der Waals surface area contributed by atoms with Gasteiger partial charge in [0.25, 0.3) is 0 Å². The van der Waals surface area contributed by atoms with Gasteiger partial charge in [0.2, 0.25) is 0 Å². The van der Waals surface area contributed by atoms with Gasteiger partial charge in [0.1, 0.15) is 0 Å². The van der Waals surface area contributed by atoms with Gasteiger partial charge in [-0.05, 0) is 43.5 Å². The summed E-state index contributed by atoms with van der Waals surface area (Å²) in [6.45, 7) is 7.71. The van der Waals surface area contributed by atoms with Crippen molar-refractivity contribution in [1.82, 2.24) is 5.32 Å². The zero-order chi connectivity index (χ0) is 15.5. The van der Waals surface area contributed by atoms with Gasteiger partial charge in [0.15, 0.2) is 0 Å². The zero-order valence-corrected chi connectivity index (χ0v) is 14.8. The molecule has 1 atom stereocenters. The summed E-state index contributed by atoms with van der Waals surface area (Å²) < 4.78 is 0. The van der Waals surface area contributed by atoms with E-state index in [2.05, 4.69) is 38.2 Å². The third-order valence-electron chi connectivity index (χ3n) is 4.17. The molecule has 0 heterocycles. The fourth-order valence-electron chi connectivity index (χ4n) is 2.82. The van der Waals surface area contributed by atoms with Crippen molar-refractivity contribution in [3.05, 3.63) is 34.3 Å². The fourth-order valence-corrected chi connectivity index (χ4v) is 3.00. The molecule has 0 aliphatic carbocycles. The highest BCUT2D eigenvalue weighted by Crippen LogP contribution is 2.27. The van der Waals surface area contributed by atoms with Gasteiger partial charge in [-0.1, -0.05) is 76.1 Å². The minimum atomic E-state index is 0.454. The van der Waals surface area contributed by atoms with E-state index in [4.69, 9.17) is 11.6 Å². The molecule has 120 valence electrons. The molecule has 1 nitrogen and oxygen atoms in total. The van der Waals surface area contributed by atoms with Gasteiger partial charge in [-0.2, -0.15) is 0 Å². The molecule has 0 fully saturated rings. The van der Waals surface area contributed by atoms with E-state index >= 15 is 0 Å². The SMILES string of the molecule is CCCCCCCCC(NCCC)c1cccc(Cl)c1C. The largest absolute Gasteiger partial charge is 0.310 e. The molecule has 0 radical (unpaired) electrons. The molecule has 1 rings (SSSR count). The van der Waals surface area contributed by atoms with Crippen LogP contribution in [0.2, 0.25) is 5.02 Å². The zero-order valence-electron chi connectivity index (χ0n) is 14.1. The molecular formula is C19H32ClN. The van der Waals surface area contributed by atoms with Crippen LogP contribution in [-0.2, 0) is 0 Å². The first-order valence-corrected chi connectivity index (χ1v) is 9.06. The third-order valence-corrected chi connectivity index (χ3v) is 4.58. The quantitative estimate of drug-likeness (QED) is 0.464. The number of rotatable bonds is 11. The van der Waals surface area contributed by atoms with Crippen LogP contribution in [0.25, 0.3) is 0 Å². The Balaban J connectivity index is 2.53. The smallest absolute Gasteiger partial charge is 0.0438 e. The van der Waals surface area contributed by atoms with Gasteiger partial charge >= 0.3 is 0 Å². The van der Waals surface area contributed by atoms with E-state index in [0.717, 1.165) is 11.6 Å². The molecule has 0 amide bonds. The average Bonchev–Trinajstić information content (AvgIpc) is 2.49. The Labute approximate surface area is 136 Å². The van der Waals surface area contributed by atoms with E-state index in [1.807, 2.05) is 6.07 Å². The normalized spacial score (nSPS) is 12.6. The topological polar surface area (TPSA) is 12.0 Å². The maximum absolute atomic E-state index is 6.28. The van der Waals surface area contributed by atoms with Crippen LogP contribution in [0, 0.1) is 6.92 Å². The summed E-state index contributed by atoms with van der Waals surface area (Å²) in [6, 6.07) is 6.75. The summed E-state index contributed by atoms with van der Waals surface area (Å²) in [4.78, 5) is 0. The molecule has 0 bridgehead atoms. The first kappa shape index (κ1) is 18.5. The van der Waals surface area contributed by atoms with Crippen molar-refractivity contribution in [3.8, 4) is 0 Å². The summed E-state index contributed by atoms with van der Waals surface area (Å²) in [5.41, 5.74) is 2.61. The lowest BCUT2D eigenvalue weighted by Crippen LogP contribution is -2.23. The van der Waals surface area contributed by atoms with Crippen LogP contribution in [0.3, 0.4) is 0 Å². The molecular weight excluding hydrogens is 278 g/mol. The Hall–Kier alpha value is -0.530. The molecule has 1 N–H and O–H groups in total. The van der Waals surface area contributed by atoms with E-state index < -0.39 is 0 Å². The number of benzene rings is 1. The van der Waals surface area contributed by atoms with Gasteiger partial charge < -0.3 is 5.32 Å². The van der Waals surface area contributed by atoms with E-state index in [-0.39, 0.29) is 0 Å². The number of unbranched alkanes of at least 4 members (excludes halogenated alkanes) is 5. The second-order valence-electron chi connectivity index (χ2n) is 6.02. The van der Waals surface area contributed by atoms with Crippen molar-refractivity contribution in [2.45, 2.75) is 78.2 Å². The van der Waals surface area contributed by atoms with Crippen molar-refractivity contribution in [2.75, 3.05) is 6.54 Å². The van der Waals surface area contributed by atoms with Crippen molar-refractivity contribution < 1.29 is 0 Å². The van der Waals surface area contributed by atoms with Crippen LogP contribution in [-0.4, -0.2) is 6.54 Å². The summed E-state index contributed by atoms with van der Waals surface area (Å²) in [7, 11) is 0. The summed E-state index contributed by atoms with van der Waals surface area (Å²) >= 11 is 6.28. The lowest BCUT2D eigenvalue weighted by atomic mass is 9.96. The highest BCUT2D eigenvalue weighted by Gasteiger charge is 2.14. The van der Waals surface area contributed by atoms with Crippen LogP contribution in [0.1, 0.15) is 82.4 Å². The van der Waals surface area contributed by atoms with Gasteiger partial charge in [0, 0.05) is 11.1 Å². The van der Waals surface area contributed by atoms with E-state index in [0.29, 0.717) is 6.04 Å². The van der Waals surface area contributed by atoms with Crippen LogP contribution in [0.5, 0.6) is 0 Å². The summed E-state index contributed by atoms with van der Waals surface area (Å²) in [5.74, 6) is 0. The average molecular weight is 310 g/mol. The minimum Gasteiger partial charge on any atom is -0.310 e. The molecule has 2 heteroatoms. The van der Waals surface area contributed by atoms with Gasteiger partial charge in [-0.15, -0.1) is 0 Å². The Morgan fingerprint density at radius 3 is 2.43 bits per heavy atom. The fraction of sp³-hybridized carbons (Fsp3) is 0.684. The van der Waals surface area contributed by atoms with Crippen molar-refractivity contribution in [2.24, 2.45) is 0 Å². The molecule has 0 saturated carbocycles. The Morgan fingerprint density at radius 1 is 1.00 bits per heavy atom. The Kier molecular flexibility index (Phi) is 9.78. The first-order valence-electron chi connectivity index (χ1n) is 8.69. The highest BCUT2D eigenvalue weighted by atomic mass is 35.5. The molecule has 1 unspecified atom stereocenters. The molecule has 1 aromatic rings. The number of nitrogens with one attached hydrogen (secondary N) is 1. The predicted molar refractivity (Wildman–Crippen MR) is 95.2 cm³/mol. The van der Waals surface area contributed by atoms with Crippen molar-refractivity contribution in [3.63, 3.8) is 0 Å². The molecule has 0 aromatic heterocycles. The molecule has 0 aliphatic heterocycles. The van der Waals surface area contributed by atoms with Gasteiger partial charge in [0.05, 0.1) is 0 Å². The van der Waals surface area contributed by atoms with Crippen LogP contribution < -0.4 is 5.32 Å². The number of hydrogen-bond donors (Lipinski definition) is 1. The number of halogens is 1. The Morgan fingerprint density at radius 2 is 1.71 bits per heavy atom. The molecule has 0 spiro atoms. The monoisotopic (exact) mass is 309 g/mol. The third kappa shape index (κ3) is 6.84. The molecule has 0 aliphatic rings. The van der Waals surface area contributed by atoms with Crippen LogP contribution >= 0.6 is 11.6 Å². The maximum Gasteiger partial charge on any atom is 0.0438 e. The maximum atomic E-state index is 6.28. The lowest BCUT2D eigenvalue weighted by Gasteiger charge is -2.21. The van der Waals surface area contributed by atoms with Crippen LogP contribution in [0.15, 0.2) is 18.2 Å². The van der Waals surface area contributed by atoms with E-state index in [1.54, 1.807) is 0 Å². The Bertz CT molecular complexity index is 389. The highest BCUT2D eigenvalue weighted by molar-refractivity contribution is 6.31. The molecule has 0 saturated heterocycles. The minimum absolute atomic E-state index is 0.454. The van der Waals surface area contributed by atoms with Crippen molar-refractivity contribution in [1.29, 1.82) is 0 Å². The standard InChI is InChI=1S/C19H32ClN/c1-4-6-7-8-9-10-14-19(21-15-5-2)17-12-11-13-18(20)16(17)3/h11-13,19,21H,4-10,14-15H2,1-3H3. The second-order valence-corrected chi connectivity index (χ2v) is 6.42. The summed E-state index contributed by atoms with van der Waals surface area (Å²) in [5, 5.41) is 4.58. The summed E-state index contributed by atoms with van der Waals surface area (Å²) in [6.07, 6.45) is 10.5. The lowest BCUT2D eigenvalue weighted by molar-refractivity contribution is 0.465.